The van der Waals surface area contributed by atoms with Gasteiger partial charge in [0, 0.05) is 16.5 Å². The molecule has 0 fully saturated rings. The average molecular weight is 248 g/mol. The third-order valence-corrected chi connectivity index (χ3v) is 2.96. The first-order chi connectivity index (χ1) is 8.19. The van der Waals surface area contributed by atoms with Crippen molar-refractivity contribution in [3.8, 4) is 0 Å². The largest absolute Gasteiger partial charge is 0.338 e. The molecule has 0 bridgehead atoms. The zero-order valence-corrected chi connectivity index (χ0v) is 10.4. The van der Waals surface area contributed by atoms with Crippen LogP contribution in [0.1, 0.15) is 16.1 Å². The molecule has 4 nitrogen and oxygen atoms in total. The number of hydrogen-bond donors (Lipinski definition) is 1. The summed E-state index contributed by atoms with van der Waals surface area (Å²) in [4.78, 5) is 12.9. The third kappa shape index (κ3) is 2.88. The Morgan fingerprint density at radius 3 is 2.59 bits per heavy atom. The fourth-order valence-electron chi connectivity index (χ4n) is 1.35. The van der Waals surface area contributed by atoms with Crippen molar-refractivity contribution in [2.24, 2.45) is 0 Å². The molecule has 17 heavy (non-hydrogen) atoms. The number of thioether (sulfide) groups is 1. The lowest BCUT2D eigenvalue weighted by Gasteiger charge is -2.01. The van der Waals surface area contributed by atoms with Crippen LogP contribution >= 0.6 is 11.8 Å². The van der Waals surface area contributed by atoms with Gasteiger partial charge < -0.3 is 4.52 Å². The first-order valence-electron chi connectivity index (χ1n) is 5.08. The zero-order valence-electron chi connectivity index (χ0n) is 9.56. The summed E-state index contributed by atoms with van der Waals surface area (Å²) < 4.78 is 4.92. The minimum Gasteiger partial charge on any atom is -0.338 e. The molecule has 1 N–H and O–H groups in total. The van der Waals surface area contributed by atoms with Crippen LogP contribution in [0.5, 0.6) is 0 Å². The number of amides is 1. The van der Waals surface area contributed by atoms with Gasteiger partial charge in [0.1, 0.15) is 0 Å². The van der Waals surface area contributed by atoms with Crippen molar-refractivity contribution < 1.29 is 9.32 Å². The minimum absolute atomic E-state index is 0.200. The SMILES string of the molecule is CSc1ccc(C(=O)Nc2cc(C)no2)cc1. The van der Waals surface area contributed by atoms with Crippen LogP contribution in [-0.4, -0.2) is 17.3 Å². The minimum atomic E-state index is -0.200. The first kappa shape index (κ1) is 11.7. The Kier molecular flexibility index (Phi) is 3.49. The van der Waals surface area contributed by atoms with E-state index in [0.29, 0.717) is 11.4 Å². The van der Waals surface area contributed by atoms with Crippen molar-refractivity contribution in [3.05, 3.63) is 41.6 Å². The van der Waals surface area contributed by atoms with Crippen LogP contribution in [-0.2, 0) is 0 Å². The van der Waals surface area contributed by atoms with E-state index in [2.05, 4.69) is 10.5 Å². The molecule has 5 heteroatoms. The van der Waals surface area contributed by atoms with Gasteiger partial charge in [0.2, 0.25) is 5.88 Å². The van der Waals surface area contributed by atoms with E-state index < -0.39 is 0 Å². The second-order valence-corrected chi connectivity index (χ2v) is 4.39. The summed E-state index contributed by atoms with van der Waals surface area (Å²) in [5, 5.41) is 6.34. The number of anilines is 1. The van der Waals surface area contributed by atoms with Crippen LogP contribution in [0.4, 0.5) is 5.88 Å². The lowest BCUT2D eigenvalue weighted by Crippen LogP contribution is -2.10. The van der Waals surface area contributed by atoms with Crippen molar-refractivity contribution in [2.75, 3.05) is 11.6 Å². The molecule has 1 heterocycles. The zero-order chi connectivity index (χ0) is 12.3. The molecular formula is C12H12N2O2S. The predicted molar refractivity (Wildman–Crippen MR) is 67.4 cm³/mol. The summed E-state index contributed by atoms with van der Waals surface area (Å²) in [7, 11) is 0. The van der Waals surface area contributed by atoms with Gasteiger partial charge in [-0.15, -0.1) is 11.8 Å². The number of aryl methyl sites for hydroxylation is 1. The molecule has 1 aromatic heterocycles. The van der Waals surface area contributed by atoms with Crippen molar-refractivity contribution >= 4 is 23.6 Å². The van der Waals surface area contributed by atoms with Gasteiger partial charge in [0.15, 0.2) is 0 Å². The molecule has 88 valence electrons. The molecule has 0 aliphatic heterocycles. The maximum absolute atomic E-state index is 11.8. The number of benzene rings is 1. The number of nitrogens with one attached hydrogen (secondary N) is 1. The highest BCUT2D eigenvalue weighted by Crippen LogP contribution is 2.16. The van der Waals surface area contributed by atoms with Crippen LogP contribution in [0, 0.1) is 6.92 Å². The van der Waals surface area contributed by atoms with E-state index in [4.69, 9.17) is 4.52 Å². The number of nitrogens with zero attached hydrogens (tertiary/aromatic N) is 1. The van der Waals surface area contributed by atoms with Crippen molar-refractivity contribution in [1.29, 1.82) is 0 Å². The molecule has 0 aliphatic carbocycles. The van der Waals surface area contributed by atoms with E-state index in [-0.39, 0.29) is 5.91 Å². The molecule has 2 aromatic rings. The Morgan fingerprint density at radius 1 is 1.35 bits per heavy atom. The Hall–Kier alpha value is -1.75. The lowest BCUT2D eigenvalue weighted by molar-refractivity contribution is 0.102. The van der Waals surface area contributed by atoms with Crippen molar-refractivity contribution in [2.45, 2.75) is 11.8 Å². The maximum atomic E-state index is 11.8. The van der Waals surface area contributed by atoms with Crippen LogP contribution in [0.25, 0.3) is 0 Å². The fraction of sp³-hybridized carbons (Fsp3) is 0.167. The summed E-state index contributed by atoms with van der Waals surface area (Å²) in [5.74, 6) is 0.162. The van der Waals surface area contributed by atoms with E-state index in [1.165, 1.54) is 0 Å². The number of hydrogen-bond acceptors (Lipinski definition) is 4. The van der Waals surface area contributed by atoms with Gasteiger partial charge in [-0.2, -0.15) is 0 Å². The Morgan fingerprint density at radius 2 is 2.06 bits per heavy atom. The highest BCUT2D eigenvalue weighted by molar-refractivity contribution is 7.98. The van der Waals surface area contributed by atoms with E-state index in [1.807, 2.05) is 18.4 Å². The van der Waals surface area contributed by atoms with Crippen LogP contribution in [0.2, 0.25) is 0 Å². The molecular weight excluding hydrogens is 236 g/mol. The van der Waals surface area contributed by atoms with Gasteiger partial charge in [0.25, 0.3) is 5.91 Å². The smallest absolute Gasteiger partial charge is 0.258 e. The molecule has 0 saturated carbocycles. The second kappa shape index (κ2) is 5.05. The van der Waals surface area contributed by atoms with Crippen LogP contribution < -0.4 is 5.32 Å². The molecule has 0 radical (unpaired) electrons. The molecule has 0 unspecified atom stereocenters. The van der Waals surface area contributed by atoms with Gasteiger partial charge >= 0.3 is 0 Å². The molecule has 0 spiro atoms. The van der Waals surface area contributed by atoms with Gasteiger partial charge in [-0.05, 0) is 37.4 Å². The maximum Gasteiger partial charge on any atom is 0.258 e. The molecule has 1 aromatic carbocycles. The van der Waals surface area contributed by atoms with Crippen LogP contribution in [0.3, 0.4) is 0 Å². The second-order valence-electron chi connectivity index (χ2n) is 3.52. The van der Waals surface area contributed by atoms with Crippen molar-refractivity contribution in [3.63, 3.8) is 0 Å². The third-order valence-electron chi connectivity index (χ3n) is 2.22. The normalized spacial score (nSPS) is 10.2. The summed E-state index contributed by atoms with van der Waals surface area (Å²) in [6.45, 7) is 1.80. The van der Waals surface area contributed by atoms with Gasteiger partial charge in [-0.3, -0.25) is 10.1 Å². The van der Waals surface area contributed by atoms with Gasteiger partial charge in [0.05, 0.1) is 5.69 Å². The Bertz CT molecular complexity index is 520. The van der Waals surface area contributed by atoms with E-state index in [0.717, 1.165) is 10.6 Å². The lowest BCUT2D eigenvalue weighted by atomic mass is 10.2. The Balaban J connectivity index is 2.09. The van der Waals surface area contributed by atoms with Gasteiger partial charge in [-0.25, -0.2) is 0 Å². The number of rotatable bonds is 3. The Labute approximate surface area is 103 Å². The highest BCUT2D eigenvalue weighted by Gasteiger charge is 2.08. The number of aromatic nitrogens is 1. The predicted octanol–water partition coefficient (Wildman–Crippen LogP) is 2.96. The van der Waals surface area contributed by atoms with E-state index in [9.17, 15) is 4.79 Å². The molecule has 0 atom stereocenters. The standard InChI is InChI=1S/C12H12N2O2S/c1-8-7-11(16-14-8)13-12(15)9-3-5-10(17-2)6-4-9/h3-7H,1-2H3,(H,13,15). The molecule has 2 rings (SSSR count). The molecule has 1 amide bonds. The fourth-order valence-corrected chi connectivity index (χ4v) is 1.76. The van der Waals surface area contributed by atoms with E-state index in [1.54, 1.807) is 36.9 Å². The number of carbonyl (C=O) groups is 1. The summed E-state index contributed by atoms with van der Waals surface area (Å²) in [5.41, 5.74) is 1.33. The highest BCUT2D eigenvalue weighted by atomic mass is 32.2. The topological polar surface area (TPSA) is 55.1 Å². The summed E-state index contributed by atoms with van der Waals surface area (Å²) in [6.07, 6.45) is 1.99. The monoisotopic (exact) mass is 248 g/mol. The molecule has 0 aliphatic rings. The van der Waals surface area contributed by atoms with Crippen molar-refractivity contribution in [1.82, 2.24) is 5.16 Å². The average Bonchev–Trinajstić information content (AvgIpc) is 2.75. The van der Waals surface area contributed by atoms with Gasteiger partial charge in [-0.1, -0.05) is 5.16 Å². The van der Waals surface area contributed by atoms with E-state index >= 15 is 0 Å². The summed E-state index contributed by atoms with van der Waals surface area (Å²) in [6, 6.07) is 9.05. The quantitative estimate of drug-likeness (QED) is 0.848. The first-order valence-corrected chi connectivity index (χ1v) is 6.30. The number of carbonyl (C=O) groups excluding carboxylic acids is 1. The van der Waals surface area contributed by atoms with Crippen LogP contribution in [0.15, 0.2) is 39.8 Å². The summed E-state index contributed by atoms with van der Waals surface area (Å²) >= 11 is 1.64. The molecule has 0 saturated heterocycles.